The van der Waals surface area contributed by atoms with Crippen LogP contribution in [0.15, 0.2) is 24.5 Å². The Morgan fingerprint density at radius 2 is 2.35 bits per heavy atom. The number of hydrogen-bond donors (Lipinski definition) is 1. The summed E-state index contributed by atoms with van der Waals surface area (Å²) in [6.07, 6.45) is 5.17. The van der Waals surface area contributed by atoms with Crippen molar-refractivity contribution in [3.8, 4) is 0 Å². The molecule has 1 rings (SSSR count). The van der Waals surface area contributed by atoms with E-state index in [0.717, 1.165) is 24.9 Å². The van der Waals surface area contributed by atoms with Crippen molar-refractivity contribution in [3.63, 3.8) is 0 Å². The van der Waals surface area contributed by atoms with Crippen molar-refractivity contribution >= 4 is 5.91 Å². The van der Waals surface area contributed by atoms with Crippen LogP contribution in [0.25, 0.3) is 0 Å². The monoisotopic (exact) mass is 235 g/mol. The first-order valence-corrected chi connectivity index (χ1v) is 5.99. The molecule has 0 saturated carbocycles. The minimum absolute atomic E-state index is 0.0129. The van der Waals surface area contributed by atoms with Crippen LogP contribution in [0.3, 0.4) is 0 Å². The van der Waals surface area contributed by atoms with Gasteiger partial charge in [-0.1, -0.05) is 13.0 Å². The lowest BCUT2D eigenvalue weighted by atomic mass is 10.1. The van der Waals surface area contributed by atoms with Gasteiger partial charge in [0.15, 0.2) is 0 Å². The molecular formula is C13H21N3O. The highest BCUT2D eigenvalue weighted by Crippen LogP contribution is 2.06. The van der Waals surface area contributed by atoms with Gasteiger partial charge in [-0.3, -0.25) is 9.78 Å². The number of amides is 1. The van der Waals surface area contributed by atoms with Gasteiger partial charge < -0.3 is 10.6 Å². The van der Waals surface area contributed by atoms with Gasteiger partial charge in [0.05, 0.1) is 0 Å². The minimum Gasteiger partial charge on any atom is -0.345 e. The van der Waals surface area contributed by atoms with E-state index in [4.69, 9.17) is 5.73 Å². The second-order valence-electron chi connectivity index (χ2n) is 4.35. The third-order valence-electron chi connectivity index (χ3n) is 2.86. The van der Waals surface area contributed by atoms with E-state index in [0.29, 0.717) is 6.54 Å². The van der Waals surface area contributed by atoms with Crippen molar-refractivity contribution in [2.45, 2.75) is 19.8 Å². The molecule has 1 aromatic heterocycles. The van der Waals surface area contributed by atoms with Crippen LogP contribution in [0.5, 0.6) is 0 Å². The van der Waals surface area contributed by atoms with E-state index in [1.165, 1.54) is 0 Å². The van der Waals surface area contributed by atoms with Crippen LogP contribution in [0, 0.1) is 5.92 Å². The molecule has 0 fully saturated rings. The van der Waals surface area contributed by atoms with Gasteiger partial charge in [0.2, 0.25) is 5.91 Å². The fourth-order valence-corrected chi connectivity index (χ4v) is 1.70. The van der Waals surface area contributed by atoms with E-state index in [9.17, 15) is 4.79 Å². The van der Waals surface area contributed by atoms with Gasteiger partial charge in [0.1, 0.15) is 0 Å². The lowest BCUT2D eigenvalue weighted by Gasteiger charge is -2.21. The van der Waals surface area contributed by atoms with Crippen LogP contribution in [-0.4, -0.2) is 35.9 Å². The fourth-order valence-electron chi connectivity index (χ4n) is 1.70. The van der Waals surface area contributed by atoms with Gasteiger partial charge in [0, 0.05) is 31.9 Å². The number of rotatable bonds is 6. The highest BCUT2D eigenvalue weighted by molar-refractivity contribution is 5.78. The summed E-state index contributed by atoms with van der Waals surface area (Å²) >= 11 is 0. The Bertz CT molecular complexity index is 340. The Kier molecular flexibility index (Phi) is 5.63. The van der Waals surface area contributed by atoms with Crippen molar-refractivity contribution in [1.82, 2.24) is 9.88 Å². The van der Waals surface area contributed by atoms with Crippen LogP contribution in [0.1, 0.15) is 18.9 Å². The molecule has 0 radical (unpaired) electrons. The summed E-state index contributed by atoms with van der Waals surface area (Å²) in [5.74, 6) is 0.179. The molecule has 94 valence electrons. The highest BCUT2D eigenvalue weighted by atomic mass is 16.2. The number of hydrogen-bond acceptors (Lipinski definition) is 3. The normalized spacial score (nSPS) is 12.2. The predicted octanol–water partition coefficient (Wildman–Crippen LogP) is 1.07. The highest BCUT2D eigenvalue weighted by Gasteiger charge is 2.16. The van der Waals surface area contributed by atoms with Gasteiger partial charge >= 0.3 is 0 Å². The lowest BCUT2D eigenvalue weighted by molar-refractivity contribution is -0.133. The second-order valence-corrected chi connectivity index (χ2v) is 4.35. The van der Waals surface area contributed by atoms with Crippen LogP contribution in [-0.2, 0) is 11.2 Å². The van der Waals surface area contributed by atoms with E-state index < -0.39 is 0 Å². The molecule has 0 aromatic carbocycles. The lowest BCUT2D eigenvalue weighted by Crippen LogP contribution is -2.34. The van der Waals surface area contributed by atoms with Gasteiger partial charge in [-0.2, -0.15) is 0 Å². The van der Waals surface area contributed by atoms with Gasteiger partial charge in [-0.25, -0.2) is 0 Å². The zero-order valence-corrected chi connectivity index (χ0v) is 10.6. The summed E-state index contributed by atoms with van der Waals surface area (Å²) in [6.45, 7) is 3.21. The van der Waals surface area contributed by atoms with Gasteiger partial charge in [-0.05, 0) is 31.0 Å². The first kappa shape index (κ1) is 13.6. The SMILES string of the molecule is CC(CCN)C(=O)N(C)CCc1cccnc1. The maximum absolute atomic E-state index is 11.9. The zero-order chi connectivity index (χ0) is 12.7. The van der Waals surface area contributed by atoms with Crippen molar-refractivity contribution < 1.29 is 4.79 Å². The number of carbonyl (C=O) groups excluding carboxylic acids is 1. The zero-order valence-electron chi connectivity index (χ0n) is 10.6. The van der Waals surface area contributed by atoms with Crippen LogP contribution < -0.4 is 5.73 Å². The van der Waals surface area contributed by atoms with Crippen molar-refractivity contribution in [2.75, 3.05) is 20.1 Å². The summed E-state index contributed by atoms with van der Waals surface area (Å²) < 4.78 is 0. The number of nitrogens with zero attached hydrogens (tertiary/aromatic N) is 2. The van der Waals surface area contributed by atoms with E-state index in [-0.39, 0.29) is 11.8 Å². The third-order valence-corrected chi connectivity index (χ3v) is 2.86. The summed E-state index contributed by atoms with van der Waals surface area (Å²) in [7, 11) is 1.84. The van der Waals surface area contributed by atoms with Crippen LogP contribution in [0.4, 0.5) is 0 Å². The Morgan fingerprint density at radius 3 is 2.94 bits per heavy atom. The molecule has 4 heteroatoms. The number of likely N-dealkylation sites (N-methyl/N-ethyl adjacent to an activating group) is 1. The first-order chi connectivity index (χ1) is 8.15. The minimum atomic E-state index is 0.0129. The number of nitrogens with two attached hydrogens (primary N) is 1. The van der Waals surface area contributed by atoms with Crippen molar-refractivity contribution in [1.29, 1.82) is 0 Å². The molecule has 1 amide bonds. The molecule has 1 atom stereocenters. The molecule has 1 aromatic rings. The third kappa shape index (κ3) is 4.53. The van der Waals surface area contributed by atoms with E-state index in [2.05, 4.69) is 4.98 Å². The Hall–Kier alpha value is -1.42. The molecule has 0 spiro atoms. The Balaban J connectivity index is 2.39. The molecule has 0 aliphatic heterocycles. The average Bonchev–Trinajstić information content (AvgIpc) is 2.36. The predicted molar refractivity (Wildman–Crippen MR) is 68.4 cm³/mol. The molecular weight excluding hydrogens is 214 g/mol. The summed E-state index contributed by atoms with van der Waals surface area (Å²) in [5.41, 5.74) is 6.60. The Morgan fingerprint density at radius 1 is 1.59 bits per heavy atom. The molecule has 0 aliphatic carbocycles. The molecule has 1 heterocycles. The number of aromatic nitrogens is 1. The standard InChI is InChI=1S/C13H21N3O/c1-11(5-7-14)13(17)16(2)9-6-12-4-3-8-15-10-12/h3-4,8,10-11H,5-7,9,14H2,1-2H3. The van der Waals surface area contributed by atoms with Crippen LogP contribution in [0.2, 0.25) is 0 Å². The maximum atomic E-state index is 11.9. The fraction of sp³-hybridized carbons (Fsp3) is 0.538. The van der Waals surface area contributed by atoms with Crippen molar-refractivity contribution in [3.05, 3.63) is 30.1 Å². The van der Waals surface area contributed by atoms with Gasteiger partial charge in [0.25, 0.3) is 0 Å². The maximum Gasteiger partial charge on any atom is 0.225 e. The average molecular weight is 235 g/mol. The molecule has 0 aliphatic rings. The summed E-state index contributed by atoms with van der Waals surface area (Å²) in [5, 5.41) is 0. The second kappa shape index (κ2) is 7.01. The topological polar surface area (TPSA) is 59.2 Å². The molecule has 1 unspecified atom stereocenters. The Labute approximate surface area is 103 Å². The smallest absolute Gasteiger partial charge is 0.225 e. The molecule has 2 N–H and O–H groups in total. The molecule has 17 heavy (non-hydrogen) atoms. The van der Waals surface area contributed by atoms with Crippen molar-refractivity contribution in [2.24, 2.45) is 11.7 Å². The van der Waals surface area contributed by atoms with Gasteiger partial charge in [-0.15, -0.1) is 0 Å². The van der Waals surface area contributed by atoms with E-state index in [1.54, 1.807) is 11.1 Å². The molecule has 0 saturated heterocycles. The summed E-state index contributed by atoms with van der Waals surface area (Å²) in [4.78, 5) is 17.7. The summed E-state index contributed by atoms with van der Waals surface area (Å²) in [6, 6.07) is 3.93. The quantitative estimate of drug-likeness (QED) is 0.802. The largest absolute Gasteiger partial charge is 0.345 e. The first-order valence-electron chi connectivity index (χ1n) is 5.99. The number of pyridine rings is 1. The van der Waals surface area contributed by atoms with E-state index >= 15 is 0 Å². The van der Waals surface area contributed by atoms with Crippen LogP contribution >= 0.6 is 0 Å². The molecule has 0 bridgehead atoms. The van der Waals surface area contributed by atoms with E-state index in [1.807, 2.05) is 32.3 Å². The number of carbonyl (C=O) groups is 1. The molecule has 4 nitrogen and oxygen atoms in total.